The van der Waals surface area contributed by atoms with Crippen molar-refractivity contribution < 1.29 is 9.90 Å². The molecule has 78 valence electrons. The number of nitrogens with one attached hydrogen (secondary N) is 1. The van der Waals surface area contributed by atoms with Gasteiger partial charge in [0.2, 0.25) is 0 Å². The molecule has 0 aliphatic rings. The molecule has 0 aromatic carbocycles. The molecule has 0 spiro atoms. The first-order valence-corrected chi connectivity index (χ1v) is 5.32. The van der Waals surface area contributed by atoms with E-state index < -0.39 is 5.60 Å². The molecule has 1 atom stereocenters. The highest BCUT2D eigenvalue weighted by atomic mass is 32.1. The Kier molecular flexibility index (Phi) is 3.60. The third kappa shape index (κ3) is 3.08. The molecule has 1 aromatic rings. The maximum atomic E-state index is 11.4. The Hall–Kier alpha value is -0.940. The Morgan fingerprint density at radius 3 is 3.00 bits per heavy atom. The topological polar surface area (TPSA) is 62.2 Å². The molecule has 0 radical (unpaired) electrons. The summed E-state index contributed by atoms with van der Waals surface area (Å²) in [7, 11) is 0. The minimum absolute atomic E-state index is 0.179. The summed E-state index contributed by atoms with van der Waals surface area (Å²) in [5, 5.41) is 12.3. The highest BCUT2D eigenvalue weighted by molar-refractivity contribution is 7.11. The van der Waals surface area contributed by atoms with Crippen molar-refractivity contribution in [1.82, 2.24) is 10.3 Å². The van der Waals surface area contributed by atoms with Crippen molar-refractivity contribution in [3.8, 4) is 0 Å². The Labute approximate surface area is 87.0 Å². The minimum Gasteiger partial charge on any atom is -0.388 e. The third-order valence-electron chi connectivity index (χ3n) is 2.05. The Bertz CT molecular complexity index is 296. The fraction of sp³-hybridized carbons (Fsp3) is 0.556. The minimum atomic E-state index is -0.833. The first-order chi connectivity index (χ1) is 6.55. The van der Waals surface area contributed by atoms with E-state index in [-0.39, 0.29) is 12.5 Å². The quantitative estimate of drug-likeness (QED) is 0.787. The lowest BCUT2D eigenvalue weighted by Crippen LogP contribution is -2.39. The van der Waals surface area contributed by atoms with Crippen molar-refractivity contribution in [2.45, 2.75) is 25.9 Å². The zero-order valence-electron chi connectivity index (χ0n) is 8.28. The van der Waals surface area contributed by atoms with E-state index in [0.29, 0.717) is 11.3 Å². The van der Waals surface area contributed by atoms with Gasteiger partial charge in [0.15, 0.2) is 0 Å². The molecule has 0 saturated heterocycles. The summed E-state index contributed by atoms with van der Waals surface area (Å²) in [6.45, 7) is 3.83. The van der Waals surface area contributed by atoms with Crippen LogP contribution >= 0.6 is 11.3 Å². The molecule has 0 bridgehead atoms. The van der Waals surface area contributed by atoms with Gasteiger partial charge in [0.1, 0.15) is 4.88 Å². The van der Waals surface area contributed by atoms with Crippen LogP contribution in [-0.4, -0.2) is 28.1 Å². The van der Waals surface area contributed by atoms with Crippen molar-refractivity contribution >= 4 is 17.2 Å². The molecule has 1 aromatic heterocycles. The van der Waals surface area contributed by atoms with Gasteiger partial charge in [-0.05, 0) is 13.3 Å². The van der Waals surface area contributed by atoms with Gasteiger partial charge in [-0.15, -0.1) is 11.3 Å². The summed E-state index contributed by atoms with van der Waals surface area (Å²) in [6.07, 6.45) is 2.12. The maximum Gasteiger partial charge on any atom is 0.263 e. The van der Waals surface area contributed by atoms with Crippen LogP contribution in [0.3, 0.4) is 0 Å². The van der Waals surface area contributed by atoms with E-state index in [1.54, 1.807) is 12.4 Å². The number of aliphatic hydroxyl groups is 1. The highest BCUT2D eigenvalue weighted by Crippen LogP contribution is 2.08. The Balaban J connectivity index is 2.43. The van der Waals surface area contributed by atoms with Crippen molar-refractivity contribution in [2.75, 3.05) is 6.54 Å². The SMILES string of the molecule is CCC(C)(O)CNC(=O)c1cncs1. The Morgan fingerprint density at radius 1 is 1.79 bits per heavy atom. The molecule has 0 saturated carbocycles. The van der Waals surface area contributed by atoms with Crippen molar-refractivity contribution in [3.05, 3.63) is 16.6 Å². The average molecular weight is 214 g/mol. The molecule has 5 heteroatoms. The van der Waals surface area contributed by atoms with Gasteiger partial charge in [-0.3, -0.25) is 9.78 Å². The van der Waals surface area contributed by atoms with Gasteiger partial charge in [0.05, 0.1) is 17.3 Å². The molecule has 1 unspecified atom stereocenters. The fourth-order valence-corrected chi connectivity index (χ4v) is 1.35. The first-order valence-electron chi connectivity index (χ1n) is 4.44. The van der Waals surface area contributed by atoms with E-state index >= 15 is 0 Å². The van der Waals surface area contributed by atoms with Crippen LogP contribution in [0.25, 0.3) is 0 Å². The number of carbonyl (C=O) groups is 1. The number of hydrogen-bond acceptors (Lipinski definition) is 4. The average Bonchev–Trinajstić information content (AvgIpc) is 2.67. The van der Waals surface area contributed by atoms with Gasteiger partial charge in [-0.25, -0.2) is 0 Å². The van der Waals surface area contributed by atoms with Crippen molar-refractivity contribution in [2.24, 2.45) is 0 Å². The monoisotopic (exact) mass is 214 g/mol. The van der Waals surface area contributed by atoms with E-state index in [9.17, 15) is 9.90 Å². The fourth-order valence-electron chi connectivity index (χ4n) is 0.811. The number of rotatable bonds is 4. The van der Waals surface area contributed by atoms with Crippen LogP contribution in [0.15, 0.2) is 11.7 Å². The summed E-state index contributed by atoms with van der Waals surface area (Å²) in [5.74, 6) is -0.179. The van der Waals surface area contributed by atoms with Crippen molar-refractivity contribution in [3.63, 3.8) is 0 Å². The van der Waals surface area contributed by atoms with Gasteiger partial charge < -0.3 is 10.4 Å². The molecule has 14 heavy (non-hydrogen) atoms. The number of thiazole rings is 1. The molecule has 4 nitrogen and oxygen atoms in total. The second-order valence-electron chi connectivity index (χ2n) is 3.40. The summed E-state index contributed by atoms with van der Waals surface area (Å²) < 4.78 is 0. The molecule has 1 heterocycles. The lowest BCUT2D eigenvalue weighted by molar-refractivity contribution is 0.0519. The van der Waals surface area contributed by atoms with Gasteiger partial charge in [0, 0.05) is 6.54 Å². The first kappa shape index (κ1) is 11.1. The molecule has 1 rings (SSSR count). The number of amides is 1. The molecule has 1 amide bonds. The van der Waals surface area contributed by atoms with Crippen LogP contribution in [-0.2, 0) is 0 Å². The summed E-state index contributed by atoms with van der Waals surface area (Å²) in [5.41, 5.74) is 0.771. The Morgan fingerprint density at radius 2 is 2.50 bits per heavy atom. The predicted molar refractivity (Wildman–Crippen MR) is 55.4 cm³/mol. The zero-order valence-corrected chi connectivity index (χ0v) is 9.10. The van der Waals surface area contributed by atoms with Gasteiger partial charge in [0.25, 0.3) is 5.91 Å². The van der Waals surface area contributed by atoms with Gasteiger partial charge in [-0.2, -0.15) is 0 Å². The molecular weight excluding hydrogens is 200 g/mol. The van der Waals surface area contributed by atoms with Crippen LogP contribution < -0.4 is 5.32 Å². The van der Waals surface area contributed by atoms with Crippen LogP contribution in [0.2, 0.25) is 0 Å². The standard InChI is InChI=1S/C9H14N2O2S/c1-3-9(2,13)5-11-8(12)7-4-10-6-14-7/h4,6,13H,3,5H2,1-2H3,(H,11,12). The second-order valence-corrected chi connectivity index (χ2v) is 4.29. The lowest BCUT2D eigenvalue weighted by Gasteiger charge is -2.21. The van der Waals surface area contributed by atoms with Crippen LogP contribution in [0.4, 0.5) is 0 Å². The summed E-state index contributed by atoms with van der Waals surface area (Å²) in [4.78, 5) is 15.8. The van der Waals surface area contributed by atoms with Crippen LogP contribution in [0.1, 0.15) is 29.9 Å². The van der Waals surface area contributed by atoms with E-state index in [2.05, 4.69) is 10.3 Å². The normalized spacial score (nSPS) is 14.8. The largest absolute Gasteiger partial charge is 0.388 e. The van der Waals surface area contributed by atoms with Gasteiger partial charge >= 0.3 is 0 Å². The predicted octanol–water partition coefficient (Wildman–Crippen LogP) is 1.03. The van der Waals surface area contributed by atoms with Gasteiger partial charge in [-0.1, -0.05) is 6.92 Å². The molecule has 0 fully saturated rings. The molecule has 0 aliphatic carbocycles. The smallest absolute Gasteiger partial charge is 0.263 e. The second kappa shape index (κ2) is 4.52. The number of aromatic nitrogens is 1. The summed E-state index contributed by atoms with van der Waals surface area (Å²) in [6, 6.07) is 0. The number of carbonyl (C=O) groups excluding carboxylic acids is 1. The van der Waals surface area contributed by atoms with Crippen LogP contribution in [0.5, 0.6) is 0 Å². The van der Waals surface area contributed by atoms with E-state index in [4.69, 9.17) is 0 Å². The highest BCUT2D eigenvalue weighted by Gasteiger charge is 2.19. The molecule has 2 N–H and O–H groups in total. The summed E-state index contributed by atoms with van der Waals surface area (Å²) >= 11 is 1.28. The lowest BCUT2D eigenvalue weighted by atomic mass is 10.0. The number of hydrogen-bond donors (Lipinski definition) is 2. The molecule has 0 aliphatic heterocycles. The van der Waals surface area contributed by atoms with E-state index in [0.717, 1.165) is 0 Å². The molecular formula is C9H14N2O2S. The van der Waals surface area contributed by atoms with Crippen molar-refractivity contribution in [1.29, 1.82) is 0 Å². The third-order valence-corrected chi connectivity index (χ3v) is 2.82. The van der Waals surface area contributed by atoms with E-state index in [1.165, 1.54) is 17.5 Å². The van der Waals surface area contributed by atoms with Crippen LogP contribution in [0, 0.1) is 0 Å². The van der Waals surface area contributed by atoms with E-state index in [1.807, 2.05) is 6.92 Å². The maximum absolute atomic E-state index is 11.4. The number of nitrogens with zero attached hydrogens (tertiary/aromatic N) is 1. The zero-order chi connectivity index (χ0) is 10.6.